The summed E-state index contributed by atoms with van der Waals surface area (Å²) in [5, 5.41) is 3.07. The summed E-state index contributed by atoms with van der Waals surface area (Å²) in [6.07, 6.45) is 0. The van der Waals surface area contributed by atoms with Gasteiger partial charge in [-0.25, -0.2) is 0 Å². The molecule has 0 saturated heterocycles. The number of rotatable bonds is 6. The van der Waals surface area contributed by atoms with E-state index < -0.39 is 0 Å². The molecule has 0 aliphatic heterocycles. The second-order valence-corrected chi connectivity index (χ2v) is 5.73. The van der Waals surface area contributed by atoms with Crippen LogP contribution in [0.1, 0.15) is 24.0 Å². The van der Waals surface area contributed by atoms with Crippen LogP contribution in [0.4, 0.5) is 5.69 Å². The lowest BCUT2D eigenvalue weighted by molar-refractivity contribution is 0.405. The lowest BCUT2D eigenvalue weighted by atomic mass is 10.0. The van der Waals surface area contributed by atoms with Gasteiger partial charge in [0.05, 0.1) is 19.9 Å². The predicted octanol–water partition coefficient (Wildman–Crippen LogP) is 4.16. The first-order valence-corrected chi connectivity index (χ1v) is 7.89. The minimum absolute atomic E-state index is 0. The molecule has 2 aromatic rings. The predicted molar refractivity (Wildman–Crippen MR) is 115 cm³/mol. The number of guanidine groups is 1. The lowest BCUT2D eigenvalue weighted by Crippen LogP contribution is -2.23. The Hall–Kier alpha value is -1.96. The molecule has 2 aromatic carbocycles. The zero-order valence-electron chi connectivity index (χ0n) is 15.1. The number of halogens is 1. The monoisotopic (exact) mass is 455 g/mol. The van der Waals surface area contributed by atoms with Crippen LogP contribution in [0.15, 0.2) is 47.5 Å². The third-order valence-corrected chi connectivity index (χ3v) is 3.85. The summed E-state index contributed by atoms with van der Waals surface area (Å²) < 4.78 is 10.5. The van der Waals surface area contributed by atoms with Crippen LogP contribution in [0.25, 0.3) is 0 Å². The van der Waals surface area contributed by atoms with Crippen molar-refractivity contribution in [2.75, 3.05) is 26.1 Å². The summed E-state index contributed by atoms with van der Waals surface area (Å²) in [4.78, 5) is 4.44. The molecular weight excluding hydrogens is 429 g/mol. The highest BCUT2D eigenvalue weighted by Crippen LogP contribution is 2.28. The second kappa shape index (κ2) is 10.1. The summed E-state index contributed by atoms with van der Waals surface area (Å²) in [6, 6.07) is 14.0. The molecule has 136 valence electrons. The highest BCUT2D eigenvalue weighted by atomic mass is 127. The molecule has 1 unspecified atom stereocenters. The summed E-state index contributed by atoms with van der Waals surface area (Å²) in [5.74, 6) is 2.04. The number of aryl methyl sites for hydroxylation is 1. The van der Waals surface area contributed by atoms with Gasteiger partial charge in [0, 0.05) is 18.5 Å². The Morgan fingerprint density at radius 1 is 1.12 bits per heavy atom. The number of nitrogens with one attached hydrogen (secondary N) is 1. The maximum absolute atomic E-state index is 6.01. The van der Waals surface area contributed by atoms with E-state index >= 15 is 0 Å². The average molecular weight is 455 g/mol. The van der Waals surface area contributed by atoms with E-state index in [0.29, 0.717) is 18.3 Å². The minimum Gasteiger partial charge on any atom is -0.497 e. The molecule has 0 heterocycles. The molecule has 6 heteroatoms. The van der Waals surface area contributed by atoms with Gasteiger partial charge in [-0.15, -0.1) is 24.0 Å². The number of ether oxygens (including phenoxy) is 2. The first-order valence-electron chi connectivity index (χ1n) is 7.89. The SMILES string of the molecule is COc1ccc(OC)c(NC(N)=NCC(C)c2ccc(C)cc2)c1.I. The van der Waals surface area contributed by atoms with E-state index in [-0.39, 0.29) is 29.9 Å². The Morgan fingerprint density at radius 3 is 2.40 bits per heavy atom. The number of nitrogens with zero attached hydrogens (tertiary/aromatic N) is 1. The molecule has 0 fully saturated rings. The molecule has 0 saturated carbocycles. The molecule has 0 aliphatic carbocycles. The van der Waals surface area contributed by atoms with Crippen LogP contribution >= 0.6 is 24.0 Å². The molecule has 2 rings (SSSR count). The van der Waals surface area contributed by atoms with Gasteiger partial charge in [0.1, 0.15) is 11.5 Å². The molecule has 0 amide bonds. The Bertz CT molecular complexity index is 702. The number of methoxy groups -OCH3 is 2. The van der Waals surface area contributed by atoms with Gasteiger partial charge in [-0.05, 0) is 24.6 Å². The Kier molecular flexibility index (Phi) is 8.54. The van der Waals surface area contributed by atoms with Crippen molar-refractivity contribution in [3.63, 3.8) is 0 Å². The zero-order chi connectivity index (χ0) is 17.5. The standard InChI is InChI=1S/C19H25N3O2.HI/c1-13-5-7-15(8-6-13)14(2)12-21-19(20)22-17-11-16(23-3)9-10-18(17)24-4;/h5-11,14H,12H2,1-4H3,(H3,20,21,22);1H. The van der Waals surface area contributed by atoms with E-state index in [4.69, 9.17) is 15.2 Å². The Balaban J connectivity index is 0.00000312. The maximum atomic E-state index is 6.01. The van der Waals surface area contributed by atoms with Gasteiger partial charge < -0.3 is 20.5 Å². The van der Waals surface area contributed by atoms with Crippen LogP contribution < -0.4 is 20.5 Å². The fourth-order valence-electron chi connectivity index (χ4n) is 2.32. The van der Waals surface area contributed by atoms with Gasteiger partial charge in [0.2, 0.25) is 0 Å². The lowest BCUT2D eigenvalue weighted by Gasteiger charge is -2.13. The molecular formula is C19H26IN3O2. The van der Waals surface area contributed by atoms with Crippen LogP contribution in [0.3, 0.4) is 0 Å². The van der Waals surface area contributed by atoms with Gasteiger partial charge in [-0.2, -0.15) is 0 Å². The number of hydrogen-bond donors (Lipinski definition) is 2. The van der Waals surface area contributed by atoms with E-state index in [1.165, 1.54) is 11.1 Å². The minimum atomic E-state index is 0. The molecule has 5 nitrogen and oxygen atoms in total. The molecule has 3 N–H and O–H groups in total. The molecule has 0 bridgehead atoms. The van der Waals surface area contributed by atoms with E-state index in [0.717, 1.165) is 11.4 Å². The fourth-order valence-corrected chi connectivity index (χ4v) is 2.32. The second-order valence-electron chi connectivity index (χ2n) is 5.73. The van der Waals surface area contributed by atoms with Gasteiger partial charge in [0.15, 0.2) is 5.96 Å². The zero-order valence-corrected chi connectivity index (χ0v) is 17.4. The van der Waals surface area contributed by atoms with Crippen LogP contribution in [-0.4, -0.2) is 26.7 Å². The number of aliphatic imine (C=N–C) groups is 1. The normalized spacial score (nSPS) is 12.1. The fraction of sp³-hybridized carbons (Fsp3) is 0.316. The van der Waals surface area contributed by atoms with Crippen LogP contribution in [-0.2, 0) is 0 Å². The third kappa shape index (κ3) is 6.12. The smallest absolute Gasteiger partial charge is 0.193 e. The first-order chi connectivity index (χ1) is 11.5. The van der Waals surface area contributed by atoms with Crippen molar-refractivity contribution in [3.8, 4) is 11.5 Å². The van der Waals surface area contributed by atoms with E-state index in [9.17, 15) is 0 Å². The van der Waals surface area contributed by atoms with Crippen molar-refractivity contribution < 1.29 is 9.47 Å². The molecule has 0 aromatic heterocycles. The quantitative estimate of drug-likeness (QED) is 0.390. The largest absolute Gasteiger partial charge is 0.497 e. The highest BCUT2D eigenvalue weighted by molar-refractivity contribution is 14.0. The van der Waals surface area contributed by atoms with Crippen molar-refractivity contribution in [1.82, 2.24) is 0 Å². The number of anilines is 1. The van der Waals surface area contributed by atoms with Gasteiger partial charge in [-0.3, -0.25) is 4.99 Å². The molecule has 0 radical (unpaired) electrons. The van der Waals surface area contributed by atoms with E-state index in [1.807, 2.05) is 18.2 Å². The highest BCUT2D eigenvalue weighted by Gasteiger charge is 2.08. The van der Waals surface area contributed by atoms with Crippen molar-refractivity contribution in [3.05, 3.63) is 53.6 Å². The van der Waals surface area contributed by atoms with Crippen LogP contribution in [0, 0.1) is 6.92 Å². The Morgan fingerprint density at radius 2 is 1.80 bits per heavy atom. The number of hydrogen-bond acceptors (Lipinski definition) is 3. The molecule has 25 heavy (non-hydrogen) atoms. The average Bonchev–Trinajstić information content (AvgIpc) is 2.60. The van der Waals surface area contributed by atoms with Gasteiger partial charge in [-0.1, -0.05) is 36.8 Å². The maximum Gasteiger partial charge on any atom is 0.193 e. The van der Waals surface area contributed by atoms with E-state index in [1.54, 1.807) is 14.2 Å². The van der Waals surface area contributed by atoms with Crippen molar-refractivity contribution in [1.29, 1.82) is 0 Å². The van der Waals surface area contributed by atoms with Gasteiger partial charge >= 0.3 is 0 Å². The van der Waals surface area contributed by atoms with Crippen molar-refractivity contribution in [2.24, 2.45) is 10.7 Å². The van der Waals surface area contributed by atoms with E-state index in [2.05, 4.69) is 48.4 Å². The Labute approximate surface area is 166 Å². The third-order valence-electron chi connectivity index (χ3n) is 3.85. The topological polar surface area (TPSA) is 68.9 Å². The molecule has 1 atom stereocenters. The number of nitrogens with two attached hydrogens (primary N) is 1. The summed E-state index contributed by atoms with van der Waals surface area (Å²) in [6.45, 7) is 4.82. The number of benzene rings is 2. The van der Waals surface area contributed by atoms with Crippen LogP contribution in [0.5, 0.6) is 11.5 Å². The van der Waals surface area contributed by atoms with Crippen molar-refractivity contribution >= 4 is 35.6 Å². The molecule has 0 spiro atoms. The summed E-state index contributed by atoms with van der Waals surface area (Å²) in [7, 11) is 3.23. The first kappa shape index (κ1) is 21.1. The summed E-state index contributed by atoms with van der Waals surface area (Å²) >= 11 is 0. The van der Waals surface area contributed by atoms with Crippen LogP contribution in [0.2, 0.25) is 0 Å². The summed E-state index contributed by atoms with van der Waals surface area (Å²) in [5.41, 5.74) is 9.23. The van der Waals surface area contributed by atoms with Crippen molar-refractivity contribution in [2.45, 2.75) is 19.8 Å². The molecule has 0 aliphatic rings. The van der Waals surface area contributed by atoms with Gasteiger partial charge in [0.25, 0.3) is 0 Å².